The molecule has 4 fully saturated rings. The van der Waals surface area contributed by atoms with E-state index < -0.39 is 35.6 Å². The van der Waals surface area contributed by atoms with Crippen molar-refractivity contribution in [2.24, 2.45) is 35.5 Å². The van der Waals surface area contributed by atoms with E-state index in [1.807, 2.05) is 0 Å². The molecule has 0 N–H and O–H groups in total. The monoisotopic (exact) mass is 264 g/mol. The summed E-state index contributed by atoms with van der Waals surface area (Å²) in [5.74, 6) is -3.38. The number of cyclic esters (lactones) is 2. The van der Waals surface area contributed by atoms with Crippen molar-refractivity contribution < 1.29 is 23.9 Å². The second-order valence-corrected chi connectivity index (χ2v) is 5.97. The van der Waals surface area contributed by atoms with Crippen LogP contribution in [0.25, 0.3) is 0 Å². The Bertz CT molecular complexity index is 450. The largest absolute Gasteiger partial charge is 0.393 e. The zero-order valence-corrected chi connectivity index (χ0v) is 10.9. The normalized spacial score (nSPS) is 43.9. The second kappa shape index (κ2) is 3.99. The summed E-state index contributed by atoms with van der Waals surface area (Å²) in [6, 6.07) is 0. The van der Waals surface area contributed by atoms with Crippen molar-refractivity contribution in [3.63, 3.8) is 0 Å². The molecule has 4 rings (SSSR count). The molecule has 0 aromatic carbocycles. The highest BCUT2D eigenvalue weighted by atomic mass is 16.6. The molecule has 1 heterocycles. The van der Waals surface area contributed by atoms with Crippen molar-refractivity contribution in [1.82, 2.24) is 0 Å². The smallest absolute Gasteiger partial charge is 0.317 e. The van der Waals surface area contributed by atoms with Gasteiger partial charge in [0.25, 0.3) is 0 Å². The molecule has 3 saturated carbocycles. The minimum Gasteiger partial charge on any atom is -0.393 e. The molecule has 3 aliphatic carbocycles. The predicted molar refractivity (Wildman–Crippen MR) is 62.6 cm³/mol. The van der Waals surface area contributed by atoms with Gasteiger partial charge in [-0.25, -0.2) is 0 Å². The molecule has 102 valence electrons. The molecule has 19 heavy (non-hydrogen) atoms. The first-order chi connectivity index (χ1) is 8.93. The number of ketones is 2. The van der Waals surface area contributed by atoms with Crippen LogP contribution in [0.4, 0.5) is 0 Å². The van der Waals surface area contributed by atoms with Crippen LogP contribution in [0.5, 0.6) is 0 Å². The van der Waals surface area contributed by atoms with E-state index in [0.717, 1.165) is 12.8 Å². The van der Waals surface area contributed by atoms with Crippen molar-refractivity contribution in [1.29, 1.82) is 0 Å². The van der Waals surface area contributed by atoms with Crippen molar-refractivity contribution in [2.75, 3.05) is 0 Å². The molecule has 2 bridgehead atoms. The third-order valence-corrected chi connectivity index (χ3v) is 5.14. The summed E-state index contributed by atoms with van der Waals surface area (Å²) in [6.45, 7) is 2.94. The third kappa shape index (κ3) is 1.53. The number of rotatable bonds is 2. The molecule has 5 heteroatoms. The van der Waals surface area contributed by atoms with Gasteiger partial charge >= 0.3 is 11.9 Å². The van der Waals surface area contributed by atoms with Crippen molar-refractivity contribution >= 4 is 23.5 Å². The highest BCUT2D eigenvalue weighted by Gasteiger charge is 2.64. The molecule has 0 aromatic rings. The van der Waals surface area contributed by atoms with Gasteiger partial charge in [-0.1, -0.05) is 0 Å². The first kappa shape index (κ1) is 12.5. The predicted octanol–water partition coefficient (Wildman–Crippen LogP) is 0.752. The molecule has 0 aromatic heterocycles. The lowest BCUT2D eigenvalue weighted by Crippen LogP contribution is -2.55. The van der Waals surface area contributed by atoms with Crippen LogP contribution in [0.15, 0.2) is 0 Å². The first-order valence-corrected chi connectivity index (χ1v) is 6.70. The summed E-state index contributed by atoms with van der Waals surface area (Å²) in [5, 5.41) is 0. The maximum absolute atomic E-state index is 11.9. The number of carbonyl (C=O) groups is 4. The summed E-state index contributed by atoms with van der Waals surface area (Å²) in [7, 11) is 0. The maximum Gasteiger partial charge on any atom is 0.317 e. The molecular weight excluding hydrogens is 248 g/mol. The third-order valence-electron chi connectivity index (χ3n) is 5.14. The van der Waals surface area contributed by atoms with E-state index in [1.165, 1.54) is 13.8 Å². The van der Waals surface area contributed by atoms with E-state index in [0.29, 0.717) is 0 Å². The minimum absolute atomic E-state index is 0.0551. The summed E-state index contributed by atoms with van der Waals surface area (Å²) in [5.41, 5.74) is 0. The van der Waals surface area contributed by atoms with Gasteiger partial charge in [0.05, 0.1) is 11.8 Å². The molecular formula is C14H16O5. The molecule has 0 amide bonds. The first-order valence-electron chi connectivity index (χ1n) is 6.70. The molecule has 1 aliphatic heterocycles. The number of fused-ring (bicyclic) bond motifs is 2. The Balaban J connectivity index is 2.07. The molecule has 5 nitrogen and oxygen atoms in total. The Kier molecular flexibility index (Phi) is 2.62. The number of Topliss-reactive ketones (excluding diaryl/α,β-unsaturated/α-hetero) is 2. The van der Waals surface area contributed by atoms with E-state index in [1.54, 1.807) is 0 Å². The van der Waals surface area contributed by atoms with Crippen molar-refractivity contribution in [2.45, 2.75) is 26.7 Å². The van der Waals surface area contributed by atoms with Crippen LogP contribution in [-0.2, 0) is 23.9 Å². The van der Waals surface area contributed by atoms with Crippen molar-refractivity contribution in [3.05, 3.63) is 0 Å². The van der Waals surface area contributed by atoms with E-state index in [2.05, 4.69) is 0 Å². The lowest BCUT2D eigenvalue weighted by molar-refractivity contribution is -0.155. The van der Waals surface area contributed by atoms with Crippen molar-refractivity contribution in [3.8, 4) is 0 Å². The fourth-order valence-electron chi connectivity index (χ4n) is 4.60. The Morgan fingerprint density at radius 2 is 1.26 bits per heavy atom. The average molecular weight is 264 g/mol. The van der Waals surface area contributed by atoms with Gasteiger partial charge in [-0.15, -0.1) is 0 Å². The lowest BCUT2D eigenvalue weighted by Gasteiger charge is -2.50. The Hall–Kier alpha value is -1.52. The highest BCUT2D eigenvalue weighted by molar-refractivity contribution is 5.99. The van der Waals surface area contributed by atoms with E-state index in [4.69, 9.17) is 4.74 Å². The SMILES string of the molecule is CC(=O)C1C2CCC(C1C(C)=O)C1C(=O)OC(=O)C21. The van der Waals surface area contributed by atoms with E-state index >= 15 is 0 Å². The number of hydrogen-bond donors (Lipinski definition) is 0. The number of esters is 2. The summed E-state index contributed by atoms with van der Waals surface area (Å²) in [6.07, 6.45) is 1.45. The van der Waals surface area contributed by atoms with Gasteiger partial charge in [-0.2, -0.15) is 0 Å². The van der Waals surface area contributed by atoms with Crippen LogP contribution in [0.3, 0.4) is 0 Å². The fraction of sp³-hybridized carbons (Fsp3) is 0.714. The van der Waals surface area contributed by atoms with E-state index in [9.17, 15) is 19.2 Å². The van der Waals surface area contributed by atoms with Gasteiger partial charge in [0.1, 0.15) is 11.6 Å². The quantitative estimate of drug-likeness (QED) is 0.543. The van der Waals surface area contributed by atoms with Crippen LogP contribution in [0.2, 0.25) is 0 Å². The standard InChI is InChI=1S/C14H16O5/c1-5(15)9-7-3-4-8(10(9)6(2)16)12-11(7)13(17)19-14(12)18/h7-12H,3-4H2,1-2H3. The Morgan fingerprint density at radius 3 is 1.58 bits per heavy atom. The molecule has 6 atom stereocenters. The van der Waals surface area contributed by atoms with Gasteiger partial charge in [0.15, 0.2) is 0 Å². The van der Waals surface area contributed by atoms with Crippen LogP contribution in [-0.4, -0.2) is 23.5 Å². The number of carbonyl (C=O) groups excluding carboxylic acids is 4. The molecule has 0 radical (unpaired) electrons. The summed E-state index contributed by atoms with van der Waals surface area (Å²) in [4.78, 5) is 47.4. The second-order valence-electron chi connectivity index (χ2n) is 5.97. The lowest BCUT2D eigenvalue weighted by atomic mass is 9.49. The van der Waals surface area contributed by atoms with Gasteiger partial charge in [0, 0.05) is 11.8 Å². The summed E-state index contributed by atoms with van der Waals surface area (Å²) >= 11 is 0. The van der Waals surface area contributed by atoms with Gasteiger partial charge in [0.2, 0.25) is 0 Å². The van der Waals surface area contributed by atoms with Crippen LogP contribution in [0.1, 0.15) is 26.7 Å². The van der Waals surface area contributed by atoms with Crippen LogP contribution < -0.4 is 0 Å². The molecule has 1 saturated heterocycles. The maximum atomic E-state index is 11.9. The zero-order chi connectivity index (χ0) is 13.9. The highest BCUT2D eigenvalue weighted by Crippen LogP contribution is 2.57. The number of ether oxygens (including phenoxy) is 1. The van der Waals surface area contributed by atoms with Gasteiger partial charge < -0.3 is 4.74 Å². The molecule has 0 spiro atoms. The fourth-order valence-corrected chi connectivity index (χ4v) is 4.60. The Morgan fingerprint density at radius 1 is 0.895 bits per heavy atom. The number of hydrogen-bond acceptors (Lipinski definition) is 5. The van der Waals surface area contributed by atoms with Gasteiger partial charge in [-0.05, 0) is 38.5 Å². The molecule has 4 aliphatic rings. The molecule has 6 unspecified atom stereocenters. The zero-order valence-electron chi connectivity index (χ0n) is 10.9. The minimum atomic E-state index is -0.504. The Labute approximate surface area is 110 Å². The van der Waals surface area contributed by atoms with Crippen LogP contribution >= 0.6 is 0 Å². The van der Waals surface area contributed by atoms with E-state index in [-0.39, 0.29) is 23.4 Å². The van der Waals surface area contributed by atoms with Crippen LogP contribution in [0, 0.1) is 35.5 Å². The topological polar surface area (TPSA) is 77.5 Å². The average Bonchev–Trinajstić information content (AvgIpc) is 2.66. The van der Waals surface area contributed by atoms with Gasteiger partial charge in [-0.3, -0.25) is 19.2 Å². The summed E-state index contributed by atoms with van der Waals surface area (Å²) < 4.78 is 4.74.